The fourth-order valence-corrected chi connectivity index (χ4v) is 4.17. The number of benzene rings is 1. The zero-order valence-electron chi connectivity index (χ0n) is 10.7. The molecule has 0 saturated heterocycles. The molecular weight excluding hydrogens is 326 g/mol. The smallest absolute Gasteiger partial charge is 0.255 e. The fraction of sp³-hybridized carbons (Fsp3) is 0.500. The molecule has 3 rings (SSSR count). The second-order valence-corrected chi connectivity index (χ2v) is 6.51. The molecule has 20 heavy (non-hydrogen) atoms. The summed E-state index contributed by atoms with van der Waals surface area (Å²) in [4.78, 5) is 23.3. The second kappa shape index (κ2) is 4.63. The Bertz CT molecular complexity index is 590. The Morgan fingerprint density at radius 2 is 2.20 bits per heavy atom. The van der Waals surface area contributed by atoms with Gasteiger partial charge < -0.3 is 5.11 Å². The molecule has 2 saturated carbocycles. The summed E-state index contributed by atoms with van der Waals surface area (Å²) in [6, 6.07) is 5.99. The molecule has 1 aromatic carbocycles. The molecule has 1 N–H and O–H groups in total. The first kappa shape index (κ1) is 13.7. The predicted octanol–water partition coefficient (Wildman–Crippen LogP) is 2.29. The normalized spacial score (nSPS) is 36.1. The molecule has 0 heterocycles. The summed E-state index contributed by atoms with van der Waals surface area (Å²) in [5.74, 6) is -1.34. The highest BCUT2D eigenvalue weighted by atomic mass is 79.9. The molecule has 6 heteroatoms. The van der Waals surface area contributed by atoms with E-state index >= 15 is 0 Å². The number of carbonyl (C=O) groups excluding carboxylic acids is 1. The maximum atomic E-state index is 12.3. The maximum absolute atomic E-state index is 12.3. The second-order valence-electron chi connectivity index (χ2n) is 5.60. The zero-order valence-corrected chi connectivity index (χ0v) is 12.2. The van der Waals surface area contributed by atoms with Crippen LogP contribution < -0.4 is 0 Å². The van der Waals surface area contributed by atoms with Crippen molar-refractivity contribution in [3.63, 3.8) is 0 Å². The molecule has 2 aliphatic rings. The van der Waals surface area contributed by atoms with Crippen molar-refractivity contribution < 1.29 is 14.8 Å². The number of nitro groups is 1. The van der Waals surface area contributed by atoms with E-state index in [9.17, 15) is 20.0 Å². The number of nitrogens with zero attached hydrogens (tertiary/aromatic N) is 1. The molecule has 0 amide bonds. The topological polar surface area (TPSA) is 80.4 Å². The van der Waals surface area contributed by atoms with Crippen LogP contribution >= 0.6 is 15.9 Å². The van der Waals surface area contributed by atoms with Crippen molar-refractivity contribution in [1.29, 1.82) is 0 Å². The van der Waals surface area contributed by atoms with E-state index in [2.05, 4.69) is 15.9 Å². The third-order valence-corrected chi connectivity index (χ3v) is 5.05. The van der Waals surface area contributed by atoms with Crippen LogP contribution in [0.1, 0.15) is 30.7 Å². The lowest BCUT2D eigenvalue weighted by Crippen LogP contribution is -2.49. The summed E-state index contributed by atoms with van der Waals surface area (Å²) >= 11 is 3.35. The summed E-state index contributed by atoms with van der Waals surface area (Å²) in [5, 5.41) is 22.0. The van der Waals surface area contributed by atoms with E-state index in [0.717, 1.165) is 10.0 Å². The van der Waals surface area contributed by atoms with Gasteiger partial charge in [0.05, 0.1) is 5.92 Å². The lowest BCUT2D eigenvalue weighted by molar-refractivity contribution is -0.542. The average molecular weight is 340 g/mol. The van der Waals surface area contributed by atoms with Crippen LogP contribution in [0.5, 0.6) is 0 Å². The number of fused-ring (bicyclic) bond motifs is 2. The Balaban J connectivity index is 2.13. The summed E-state index contributed by atoms with van der Waals surface area (Å²) < 4.78 is 0.818. The van der Waals surface area contributed by atoms with E-state index in [1.807, 2.05) is 6.07 Å². The van der Waals surface area contributed by atoms with E-state index in [1.165, 1.54) is 0 Å². The molecular formula is C14H14BrNO4. The maximum Gasteiger partial charge on any atom is 0.255 e. The minimum Gasteiger partial charge on any atom is -0.376 e. The number of rotatable bonds is 2. The van der Waals surface area contributed by atoms with E-state index < -0.39 is 28.4 Å². The van der Waals surface area contributed by atoms with Gasteiger partial charge in [-0.05, 0) is 37.0 Å². The number of hydrogen-bond acceptors (Lipinski definition) is 4. The molecule has 0 aromatic heterocycles. The van der Waals surface area contributed by atoms with Gasteiger partial charge in [0.2, 0.25) is 0 Å². The van der Waals surface area contributed by atoms with Crippen molar-refractivity contribution in [3.8, 4) is 0 Å². The van der Waals surface area contributed by atoms with Crippen molar-refractivity contribution in [2.45, 2.75) is 36.8 Å². The number of carbonyl (C=O) groups is 1. The van der Waals surface area contributed by atoms with Gasteiger partial charge in [-0.2, -0.15) is 0 Å². The Morgan fingerprint density at radius 1 is 1.45 bits per heavy atom. The molecule has 0 aliphatic heterocycles. The van der Waals surface area contributed by atoms with Crippen LogP contribution in [0.4, 0.5) is 0 Å². The Hall–Kier alpha value is -1.27. The molecule has 1 aromatic rings. The highest BCUT2D eigenvalue weighted by Crippen LogP contribution is 2.52. The molecule has 0 radical (unpaired) electrons. The highest BCUT2D eigenvalue weighted by molar-refractivity contribution is 9.10. The third kappa shape index (κ3) is 1.82. The quantitative estimate of drug-likeness (QED) is 0.662. The van der Waals surface area contributed by atoms with Crippen LogP contribution in [0.2, 0.25) is 0 Å². The number of ketones is 1. The first-order chi connectivity index (χ1) is 9.45. The number of halogens is 1. The standard InChI is InChI=1S/C14H14BrNO4/c15-9-4-1-3-8(7-9)11-10-5-2-6-14(18,13(10)17)12(11)16(19)20/h1,3-4,7,10-12,18H,2,5-6H2/t10-,11-,12-,14-/m1/s1. The largest absolute Gasteiger partial charge is 0.376 e. The van der Waals surface area contributed by atoms with Gasteiger partial charge in [-0.15, -0.1) is 0 Å². The summed E-state index contributed by atoms with van der Waals surface area (Å²) in [7, 11) is 0. The summed E-state index contributed by atoms with van der Waals surface area (Å²) in [6.07, 6.45) is 1.46. The predicted molar refractivity (Wildman–Crippen MR) is 75.0 cm³/mol. The van der Waals surface area contributed by atoms with E-state index in [4.69, 9.17) is 0 Å². The molecule has 2 fully saturated rings. The van der Waals surface area contributed by atoms with Gasteiger partial charge in [-0.25, -0.2) is 0 Å². The van der Waals surface area contributed by atoms with Crippen molar-refractivity contribution >= 4 is 21.7 Å². The number of hydrogen-bond donors (Lipinski definition) is 1. The number of Topliss-reactive ketones (excluding diaryl/α,β-unsaturated/α-hetero) is 1. The first-order valence-corrected chi connectivity index (χ1v) is 7.40. The minimum absolute atomic E-state index is 0.193. The monoisotopic (exact) mass is 339 g/mol. The van der Waals surface area contributed by atoms with E-state index in [0.29, 0.717) is 12.8 Å². The summed E-state index contributed by atoms with van der Waals surface area (Å²) in [6.45, 7) is 0. The summed E-state index contributed by atoms with van der Waals surface area (Å²) in [5.41, 5.74) is -1.04. The third-order valence-electron chi connectivity index (χ3n) is 4.56. The molecule has 2 aliphatic carbocycles. The lowest BCUT2D eigenvalue weighted by Gasteiger charge is -2.25. The van der Waals surface area contributed by atoms with Crippen molar-refractivity contribution in [1.82, 2.24) is 0 Å². The van der Waals surface area contributed by atoms with Gasteiger partial charge in [-0.1, -0.05) is 28.1 Å². The Labute approximate surface area is 124 Å². The van der Waals surface area contributed by atoms with Crippen LogP contribution in [0, 0.1) is 16.0 Å². The minimum atomic E-state index is -1.79. The first-order valence-electron chi connectivity index (χ1n) is 6.61. The van der Waals surface area contributed by atoms with Crippen LogP contribution in [-0.4, -0.2) is 27.5 Å². The van der Waals surface area contributed by atoms with Crippen molar-refractivity contribution in [3.05, 3.63) is 44.4 Å². The average Bonchev–Trinajstić information content (AvgIpc) is 2.53. The SMILES string of the molecule is O=C1[C@@H]2CCC[C@@]1(O)[C@H]([N+](=O)[O-])[C@@H]2c1cccc(Br)c1. The molecule has 5 nitrogen and oxygen atoms in total. The fourth-order valence-electron chi connectivity index (χ4n) is 3.75. The van der Waals surface area contributed by atoms with Crippen molar-refractivity contribution in [2.75, 3.05) is 0 Å². The van der Waals surface area contributed by atoms with Crippen LogP contribution in [0.3, 0.4) is 0 Å². The van der Waals surface area contributed by atoms with E-state index in [-0.39, 0.29) is 12.2 Å². The molecule has 0 spiro atoms. The van der Waals surface area contributed by atoms with Gasteiger partial charge in [-0.3, -0.25) is 14.9 Å². The van der Waals surface area contributed by atoms with Crippen LogP contribution in [-0.2, 0) is 4.79 Å². The molecule has 4 atom stereocenters. The van der Waals surface area contributed by atoms with Crippen LogP contribution in [0.15, 0.2) is 28.7 Å². The lowest BCUT2D eigenvalue weighted by atomic mass is 9.82. The van der Waals surface area contributed by atoms with Gasteiger partial charge in [0, 0.05) is 15.3 Å². The molecule has 0 unspecified atom stereocenters. The van der Waals surface area contributed by atoms with Gasteiger partial charge in [0.25, 0.3) is 6.04 Å². The Morgan fingerprint density at radius 3 is 2.85 bits per heavy atom. The number of aliphatic hydroxyl groups is 1. The van der Waals surface area contributed by atoms with Crippen molar-refractivity contribution in [2.24, 2.45) is 5.92 Å². The van der Waals surface area contributed by atoms with E-state index in [1.54, 1.807) is 18.2 Å². The zero-order chi connectivity index (χ0) is 14.5. The van der Waals surface area contributed by atoms with Crippen LogP contribution in [0.25, 0.3) is 0 Å². The van der Waals surface area contributed by atoms with Gasteiger partial charge in [0.1, 0.15) is 0 Å². The molecule has 106 valence electrons. The van der Waals surface area contributed by atoms with Gasteiger partial charge in [0.15, 0.2) is 11.4 Å². The highest BCUT2D eigenvalue weighted by Gasteiger charge is 2.67. The Kier molecular flexibility index (Phi) is 3.17. The molecule has 2 bridgehead atoms. The van der Waals surface area contributed by atoms with Gasteiger partial charge >= 0.3 is 0 Å².